The second kappa shape index (κ2) is 8.45. The third-order valence-corrected chi connectivity index (χ3v) is 2.60. The van der Waals surface area contributed by atoms with Crippen molar-refractivity contribution in [3.63, 3.8) is 0 Å². The van der Waals surface area contributed by atoms with E-state index >= 15 is 0 Å². The van der Waals surface area contributed by atoms with Gasteiger partial charge < -0.3 is 10.1 Å². The lowest BCUT2D eigenvalue weighted by atomic mass is 10.1. The SMILES string of the molecule is CC(=O)CCCCC[CH]C(=O)Nc1ccccc1. The molecule has 0 saturated carbocycles. The summed E-state index contributed by atoms with van der Waals surface area (Å²) in [6.07, 6.45) is 5.95. The minimum Gasteiger partial charge on any atom is -0.326 e. The van der Waals surface area contributed by atoms with Crippen LogP contribution >= 0.6 is 0 Å². The third-order valence-electron chi connectivity index (χ3n) is 2.60. The Morgan fingerprint density at radius 1 is 1.11 bits per heavy atom. The number of rotatable bonds is 8. The van der Waals surface area contributed by atoms with Crippen LogP contribution in [0.5, 0.6) is 0 Å². The zero-order chi connectivity index (χ0) is 13.2. The lowest BCUT2D eigenvalue weighted by Gasteiger charge is -2.04. The van der Waals surface area contributed by atoms with Crippen molar-refractivity contribution in [2.45, 2.75) is 39.0 Å². The molecule has 97 valence electrons. The smallest absolute Gasteiger partial charge is 0.228 e. The van der Waals surface area contributed by atoms with E-state index in [0.717, 1.165) is 31.4 Å². The largest absolute Gasteiger partial charge is 0.326 e. The van der Waals surface area contributed by atoms with E-state index in [1.165, 1.54) is 0 Å². The van der Waals surface area contributed by atoms with Gasteiger partial charge in [-0.2, -0.15) is 0 Å². The minimum absolute atomic E-state index is 0.0623. The summed E-state index contributed by atoms with van der Waals surface area (Å²) in [7, 11) is 0. The molecule has 0 aliphatic carbocycles. The number of benzene rings is 1. The predicted molar refractivity (Wildman–Crippen MR) is 73.1 cm³/mol. The number of unbranched alkanes of at least 4 members (excludes halogenated alkanes) is 3. The van der Waals surface area contributed by atoms with Crippen LogP contribution in [0.4, 0.5) is 5.69 Å². The van der Waals surface area contributed by atoms with Gasteiger partial charge in [0.25, 0.3) is 0 Å². The monoisotopic (exact) mass is 246 g/mol. The molecule has 18 heavy (non-hydrogen) atoms. The van der Waals surface area contributed by atoms with Gasteiger partial charge in [-0.1, -0.05) is 31.0 Å². The van der Waals surface area contributed by atoms with Crippen LogP contribution in [0.3, 0.4) is 0 Å². The number of hydrogen-bond donors (Lipinski definition) is 1. The quantitative estimate of drug-likeness (QED) is 0.715. The molecule has 3 heteroatoms. The molecule has 0 atom stereocenters. The summed E-state index contributed by atoms with van der Waals surface area (Å²) in [5.41, 5.74) is 0.815. The standard InChI is InChI=1S/C15H20NO2/c1-13(17)9-5-2-3-8-12-15(18)16-14-10-6-4-7-11-14/h4,6-7,10-12H,2-3,5,8-9H2,1H3,(H,16,18). The number of carbonyl (C=O) groups is 2. The van der Waals surface area contributed by atoms with Crippen molar-refractivity contribution in [1.29, 1.82) is 0 Å². The average Bonchev–Trinajstić information content (AvgIpc) is 2.34. The maximum absolute atomic E-state index is 11.5. The first kappa shape index (κ1) is 14.4. The van der Waals surface area contributed by atoms with E-state index < -0.39 is 0 Å². The molecular weight excluding hydrogens is 226 g/mol. The number of Topliss-reactive ketones (excluding diaryl/α,β-unsaturated/α-hetero) is 1. The average molecular weight is 246 g/mol. The summed E-state index contributed by atoms with van der Waals surface area (Å²) in [5, 5.41) is 2.80. The highest BCUT2D eigenvalue weighted by molar-refractivity contribution is 5.96. The van der Waals surface area contributed by atoms with Crippen LogP contribution in [0.1, 0.15) is 39.0 Å². The van der Waals surface area contributed by atoms with Crippen LogP contribution in [-0.2, 0) is 9.59 Å². The Labute approximate surface area is 109 Å². The van der Waals surface area contributed by atoms with Crippen molar-refractivity contribution in [3.8, 4) is 0 Å². The van der Waals surface area contributed by atoms with E-state index in [4.69, 9.17) is 0 Å². The highest BCUT2D eigenvalue weighted by Crippen LogP contribution is 2.08. The van der Waals surface area contributed by atoms with Gasteiger partial charge in [-0.25, -0.2) is 0 Å². The van der Waals surface area contributed by atoms with Crippen molar-refractivity contribution < 1.29 is 9.59 Å². The van der Waals surface area contributed by atoms with Crippen LogP contribution in [0, 0.1) is 6.42 Å². The first-order valence-electron chi connectivity index (χ1n) is 6.37. The predicted octanol–water partition coefficient (Wildman–Crippen LogP) is 3.37. The van der Waals surface area contributed by atoms with Crippen molar-refractivity contribution >= 4 is 17.4 Å². The van der Waals surface area contributed by atoms with Crippen molar-refractivity contribution in [2.75, 3.05) is 5.32 Å². The van der Waals surface area contributed by atoms with Gasteiger partial charge in [0, 0.05) is 18.5 Å². The molecule has 0 heterocycles. The van der Waals surface area contributed by atoms with E-state index in [0.29, 0.717) is 6.42 Å². The van der Waals surface area contributed by atoms with Gasteiger partial charge in [0.05, 0.1) is 0 Å². The lowest BCUT2D eigenvalue weighted by Crippen LogP contribution is -2.11. The minimum atomic E-state index is -0.0623. The van der Waals surface area contributed by atoms with Gasteiger partial charge in [-0.15, -0.1) is 0 Å². The molecule has 0 aliphatic heterocycles. The molecule has 1 aromatic carbocycles. The van der Waals surface area contributed by atoms with Gasteiger partial charge in [0.2, 0.25) is 5.91 Å². The van der Waals surface area contributed by atoms with E-state index in [1.54, 1.807) is 13.3 Å². The Bertz CT molecular complexity index is 373. The molecule has 0 fully saturated rings. The summed E-state index contributed by atoms with van der Waals surface area (Å²) in [4.78, 5) is 22.2. The van der Waals surface area contributed by atoms with E-state index in [9.17, 15) is 9.59 Å². The summed E-state index contributed by atoms with van der Waals surface area (Å²) in [6.45, 7) is 1.61. The van der Waals surface area contributed by atoms with Crippen LogP contribution in [0.15, 0.2) is 30.3 Å². The molecule has 0 unspecified atom stereocenters. The Morgan fingerprint density at radius 2 is 1.83 bits per heavy atom. The summed E-state index contributed by atoms with van der Waals surface area (Å²) < 4.78 is 0. The normalized spacial score (nSPS) is 10.1. The third kappa shape index (κ3) is 6.84. The zero-order valence-electron chi connectivity index (χ0n) is 10.8. The Morgan fingerprint density at radius 3 is 2.50 bits per heavy atom. The van der Waals surface area contributed by atoms with E-state index in [2.05, 4.69) is 5.32 Å². The summed E-state index contributed by atoms with van der Waals surface area (Å²) >= 11 is 0. The fraction of sp³-hybridized carbons (Fsp3) is 0.400. The number of hydrogen-bond acceptors (Lipinski definition) is 2. The lowest BCUT2D eigenvalue weighted by molar-refractivity contribution is -0.117. The molecule has 0 aromatic heterocycles. The van der Waals surface area contributed by atoms with Gasteiger partial charge in [-0.05, 0) is 31.9 Å². The molecule has 1 rings (SSSR count). The second-order valence-electron chi connectivity index (χ2n) is 4.36. The van der Waals surface area contributed by atoms with Crippen LogP contribution < -0.4 is 5.32 Å². The molecule has 0 saturated heterocycles. The van der Waals surface area contributed by atoms with Crippen molar-refractivity contribution in [1.82, 2.24) is 0 Å². The number of nitrogens with one attached hydrogen (secondary N) is 1. The molecule has 1 N–H and O–H groups in total. The number of para-hydroxylation sites is 1. The Kier molecular flexibility index (Phi) is 6.77. The van der Waals surface area contributed by atoms with Gasteiger partial charge >= 0.3 is 0 Å². The van der Waals surface area contributed by atoms with Crippen LogP contribution in [0.25, 0.3) is 0 Å². The van der Waals surface area contributed by atoms with Crippen LogP contribution in [-0.4, -0.2) is 11.7 Å². The molecule has 3 nitrogen and oxygen atoms in total. The number of carbonyl (C=O) groups excluding carboxylic acids is 2. The van der Waals surface area contributed by atoms with Crippen molar-refractivity contribution in [2.24, 2.45) is 0 Å². The highest BCUT2D eigenvalue weighted by Gasteiger charge is 2.02. The number of ketones is 1. The summed E-state index contributed by atoms with van der Waals surface area (Å²) in [5.74, 6) is 0.175. The Balaban J connectivity index is 2.05. The first-order valence-corrected chi connectivity index (χ1v) is 6.37. The van der Waals surface area contributed by atoms with Gasteiger partial charge in [0.15, 0.2) is 0 Å². The number of amides is 1. The second-order valence-corrected chi connectivity index (χ2v) is 4.36. The van der Waals surface area contributed by atoms with Gasteiger partial charge in [0.1, 0.15) is 5.78 Å². The molecule has 1 aromatic rings. The molecule has 1 radical (unpaired) electrons. The summed E-state index contributed by atoms with van der Waals surface area (Å²) in [6, 6.07) is 9.40. The fourth-order valence-corrected chi connectivity index (χ4v) is 1.64. The number of anilines is 1. The molecule has 1 amide bonds. The Hall–Kier alpha value is -1.64. The van der Waals surface area contributed by atoms with E-state index in [-0.39, 0.29) is 11.7 Å². The molecular formula is C15H20NO2. The maximum atomic E-state index is 11.5. The maximum Gasteiger partial charge on any atom is 0.228 e. The van der Waals surface area contributed by atoms with Crippen LogP contribution in [0.2, 0.25) is 0 Å². The highest BCUT2D eigenvalue weighted by atomic mass is 16.1. The molecule has 0 spiro atoms. The molecule has 0 aliphatic rings. The fourth-order valence-electron chi connectivity index (χ4n) is 1.64. The van der Waals surface area contributed by atoms with Gasteiger partial charge in [-0.3, -0.25) is 4.79 Å². The van der Waals surface area contributed by atoms with E-state index in [1.807, 2.05) is 30.3 Å². The first-order chi connectivity index (χ1) is 8.68. The zero-order valence-corrected chi connectivity index (χ0v) is 10.8. The van der Waals surface area contributed by atoms with Crippen molar-refractivity contribution in [3.05, 3.63) is 36.8 Å². The molecule has 0 bridgehead atoms. The topological polar surface area (TPSA) is 46.2 Å².